The number of aliphatic hydroxyl groups excluding tert-OH is 1. The fourth-order valence-electron chi connectivity index (χ4n) is 2.81. The predicted octanol–water partition coefficient (Wildman–Crippen LogP) is 2.17. The van der Waals surface area contributed by atoms with Crippen LogP contribution in [-0.4, -0.2) is 21.5 Å². The molecule has 2 aromatic rings. The van der Waals surface area contributed by atoms with Crippen LogP contribution in [0.3, 0.4) is 0 Å². The summed E-state index contributed by atoms with van der Waals surface area (Å²) in [5.41, 5.74) is 5.56. The molecular formula is C16H20N2O2. The monoisotopic (exact) mass is 272 g/mol. The van der Waals surface area contributed by atoms with Gasteiger partial charge in [0.05, 0.1) is 18.9 Å². The number of aromatic nitrogens is 2. The smallest absolute Gasteiger partial charge is 0.122 e. The Morgan fingerprint density at radius 1 is 1.35 bits per heavy atom. The topological polar surface area (TPSA) is 47.3 Å². The van der Waals surface area contributed by atoms with Crippen LogP contribution >= 0.6 is 0 Å². The van der Waals surface area contributed by atoms with Gasteiger partial charge in [-0.05, 0) is 37.5 Å². The third-order valence-corrected chi connectivity index (χ3v) is 4.06. The van der Waals surface area contributed by atoms with Crippen molar-refractivity contribution in [2.24, 2.45) is 0 Å². The lowest BCUT2D eigenvalue weighted by atomic mass is 10.1. The first-order chi connectivity index (χ1) is 9.69. The van der Waals surface area contributed by atoms with Crippen LogP contribution in [0.5, 0.6) is 5.75 Å². The van der Waals surface area contributed by atoms with Gasteiger partial charge in [-0.3, -0.25) is 4.68 Å². The van der Waals surface area contributed by atoms with Gasteiger partial charge in [-0.15, -0.1) is 0 Å². The van der Waals surface area contributed by atoms with Gasteiger partial charge in [0.25, 0.3) is 0 Å². The summed E-state index contributed by atoms with van der Waals surface area (Å²) in [4.78, 5) is 0. The summed E-state index contributed by atoms with van der Waals surface area (Å²) in [5.74, 6) is 1.03. The maximum Gasteiger partial charge on any atom is 0.122 e. The minimum absolute atomic E-state index is 0.0633. The summed E-state index contributed by atoms with van der Waals surface area (Å²) in [7, 11) is 0. The average molecular weight is 272 g/mol. The molecule has 2 heterocycles. The number of hydrogen-bond acceptors (Lipinski definition) is 3. The quantitative estimate of drug-likeness (QED) is 0.928. The van der Waals surface area contributed by atoms with Crippen molar-refractivity contribution in [1.29, 1.82) is 0 Å². The Morgan fingerprint density at radius 3 is 2.95 bits per heavy atom. The summed E-state index contributed by atoms with van der Waals surface area (Å²) in [5, 5.41) is 13.8. The van der Waals surface area contributed by atoms with E-state index in [1.807, 2.05) is 18.5 Å². The van der Waals surface area contributed by atoms with Crippen molar-refractivity contribution >= 4 is 0 Å². The Kier molecular flexibility index (Phi) is 3.49. The summed E-state index contributed by atoms with van der Waals surface area (Å²) in [6, 6.07) is 6.43. The largest absolute Gasteiger partial charge is 0.493 e. The zero-order valence-corrected chi connectivity index (χ0v) is 12.0. The summed E-state index contributed by atoms with van der Waals surface area (Å²) >= 11 is 0. The second kappa shape index (κ2) is 5.29. The molecule has 0 saturated carbocycles. The fraction of sp³-hybridized carbons (Fsp3) is 0.438. The van der Waals surface area contributed by atoms with Crippen LogP contribution < -0.4 is 4.74 Å². The van der Waals surface area contributed by atoms with Crippen molar-refractivity contribution in [3.63, 3.8) is 0 Å². The van der Waals surface area contributed by atoms with E-state index in [0.717, 1.165) is 48.7 Å². The molecule has 0 saturated heterocycles. The molecule has 0 atom stereocenters. The van der Waals surface area contributed by atoms with Gasteiger partial charge in [0, 0.05) is 24.2 Å². The summed E-state index contributed by atoms with van der Waals surface area (Å²) in [6.45, 7) is 5.67. The highest BCUT2D eigenvalue weighted by Crippen LogP contribution is 2.26. The zero-order chi connectivity index (χ0) is 14.1. The highest BCUT2D eigenvalue weighted by Gasteiger charge is 2.13. The minimum atomic E-state index is 0.0633. The first-order valence-corrected chi connectivity index (χ1v) is 7.07. The average Bonchev–Trinajstić information content (AvgIpc) is 3.00. The molecule has 1 aromatic carbocycles. The normalized spacial score (nSPS) is 13.3. The molecule has 4 nitrogen and oxygen atoms in total. The molecule has 0 unspecified atom stereocenters. The van der Waals surface area contributed by atoms with Gasteiger partial charge in [-0.1, -0.05) is 12.1 Å². The first-order valence-electron chi connectivity index (χ1n) is 7.07. The molecular weight excluding hydrogens is 252 g/mol. The van der Waals surface area contributed by atoms with Crippen LogP contribution in [0.2, 0.25) is 0 Å². The molecule has 0 amide bonds. The van der Waals surface area contributed by atoms with Gasteiger partial charge in [-0.2, -0.15) is 5.10 Å². The molecule has 0 fully saturated rings. The molecule has 1 N–H and O–H groups in total. The minimum Gasteiger partial charge on any atom is -0.493 e. The van der Waals surface area contributed by atoms with Crippen molar-refractivity contribution in [3.05, 3.63) is 46.3 Å². The van der Waals surface area contributed by atoms with Gasteiger partial charge in [0.1, 0.15) is 5.75 Å². The van der Waals surface area contributed by atoms with E-state index >= 15 is 0 Å². The SMILES string of the molecule is Cc1nn(CCc2ccc3c(c2)CCO3)c(C)c1CO. The maximum absolute atomic E-state index is 9.34. The van der Waals surface area contributed by atoms with Crippen molar-refractivity contribution in [3.8, 4) is 5.75 Å². The van der Waals surface area contributed by atoms with Crippen molar-refractivity contribution < 1.29 is 9.84 Å². The van der Waals surface area contributed by atoms with Crippen LogP contribution in [0.25, 0.3) is 0 Å². The standard InChI is InChI=1S/C16H20N2O2/c1-11-15(10-19)12(2)18(17-11)7-5-13-3-4-16-14(9-13)6-8-20-16/h3-4,9,19H,5-8,10H2,1-2H3. The van der Waals surface area contributed by atoms with Gasteiger partial charge in [0.15, 0.2) is 0 Å². The molecule has 1 aliphatic heterocycles. The van der Waals surface area contributed by atoms with Gasteiger partial charge < -0.3 is 9.84 Å². The molecule has 4 heteroatoms. The summed E-state index contributed by atoms with van der Waals surface area (Å²) in [6.07, 6.45) is 1.96. The Bertz CT molecular complexity index is 632. The van der Waals surface area contributed by atoms with E-state index in [4.69, 9.17) is 4.74 Å². The number of aryl methyl sites for hydroxylation is 3. The number of fused-ring (bicyclic) bond motifs is 1. The van der Waals surface area contributed by atoms with Crippen LogP contribution in [0.1, 0.15) is 28.1 Å². The number of nitrogens with zero attached hydrogens (tertiary/aromatic N) is 2. The molecule has 1 aromatic heterocycles. The number of benzene rings is 1. The number of ether oxygens (including phenoxy) is 1. The van der Waals surface area contributed by atoms with E-state index < -0.39 is 0 Å². The van der Waals surface area contributed by atoms with E-state index in [1.165, 1.54) is 11.1 Å². The van der Waals surface area contributed by atoms with Gasteiger partial charge >= 0.3 is 0 Å². The highest BCUT2D eigenvalue weighted by molar-refractivity contribution is 5.39. The van der Waals surface area contributed by atoms with Crippen molar-refractivity contribution in [2.45, 2.75) is 39.8 Å². The Hall–Kier alpha value is -1.81. The van der Waals surface area contributed by atoms with E-state index in [9.17, 15) is 5.11 Å². The van der Waals surface area contributed by atoms with Crippen LogP contribution in [0, 0.1) is 13.8 Å². The van der Waals surface area contributed by atoms with E-state index in [1.54, 1.807) is 0 Å². The predicted molar refractivity (Wildman–Crippen MR) is 77.0 cm³/mol. The third kappa shape index (κ3) is 2.31. The van der Waals surface area contributed by atoms with E-state index in [-0.39, 0.29) is 6.61 Å². The first kappa shape index (κ1) is 13.2. The summed E-state index contributed by atoms with van der Waals surface area (Å²) < 4.78 is 7.51. The van der Waals surface area contributed by atoms with Gasteiger partial charge in [0.2, 0.25) is 0 Å². The van der Waals surface area contributed by atoms with Crippen LogP contribution in [0.4, 0.5) is 0 Å². The van der Waals surface area contributed by atoms with Crippen molar-refractivity contribution in [2.75, 3.05) is 6.61 Å². The Morgan fingerprint density at radius 2 is 2.20 bits per heavy atom. The second-order valence-electron chi connectivity index (χ2n) is 5.32. The maximum atomic E-state index is 9.34. The molecule has 20 heavy (non-hydrogen) atoms. The molecule has 3 rings (SSSR count). The van der Waals surface area contributed by atoms with Crippen LogP contribution in [-0.2, 0) is 26.0 Å². The Labute approximate surface area is 119 Å². The lowest BCUT2D eigenvalue weighted by Gasteiger charge is -2.07. The number of aliphatic hydroxyl groups is 1. The highest BCUT2D eigenvalue weighted by atomic mass is 16.5. The molecule has 0 spiro atoms. The molecule has 0 radical (unpaired) electrons. The number of hydrogen-bond donors (Lipinski definition) is 1. The second-order valence-corrected chi connectivity index (χ2v) is 5.32. The lowest BCUT2D eigenvalue weighted by Crippen LogP contribution is -2.06. The van der Waals surface area contributed by atoms with Gasteiger partial charge in [-0.25, -0.2) is 0 Å². The molecule has 0 bridgehead atoms. The van der Waals surface area contributed by atoms with E-state index in [2.05, 4.69) is 23.3 Å². The third-order valence-electron chi connectivity index (χ3n) is 4.06. The van der Waals surface area contributed by atoms with E-state index in [0.29, 0.717) is 0 Å². The molecule has 1 aliphatic rings. The molecule has 106 valence electrons. The fourth-order valence-corrected chi connectivity index (χ4v) is 2.81. The Balaban J connectivity index is 1.73. The molecule has 0 aliphatic carbocycles. The van der Waals surface area contributed by atoms with Crippen molar-refractivity contribution in [1.82, 2.24) is 9.78 Å². The lowest BCUT2D eigenvalue weighted by molar-refractivity contribution is 0.280. The van der Waals surface area contributed by atoms with Crippen LogP contribution in [0.15, 0.2) is 18.2 Å². The number of rotatable bonds is 4. The zero-order valence-electron chi connectivity index (χ0n) is 12.0.